The Labute approximate surface area is 102 Å². The van der Waals surface area contributed by atoms with Gasteiger partial charge in [0.2, 0.25) is 0 Å². The van der Waals surface area contributed by atoms with Crippen LogP contribution in [0.3, 0.4) is 0 Å². The van der Waals surface area contributed by atoms with Crippen LogP contribution in [0, 0.1) is 0 Å². The lowest BCUT2D eigenvalue weighted by molar-refractivity contribution is 0.305. The highest BCUT2D eigenvalue weighted by Gasteiger charge is 1.97. The fourth-order valence-electron chi connectivity index (χ4n) is 1.32. The molecule has 2 rings (SSSR count). The molecule has 0 amide bonds. The second kappa shape index (κ2) is 4.99. The van der Waals surface area contributed by atoms with Crippen LogP contribution in [-0.2, 0) is 6.61 Å². The van der Waals surface area contributed by atoms with Gasteiger partial charge in [-0.3, -0.25) is 4.98 Å². The highest BCUT2D eigenvalue weighted by molar-refractivity contribution is 9.10. The topological polar surface area (TPSA) is 48.1 Å². The van der Waals surface area contributed by atoms with E-state index >= 15 is 0 Å². The maximum Gasteiger partial charge on any atom is 0.139 e. The predicted octanol–water partition coefficient (Wildman–Crippen LogP) is 3.01. The van der Waals surface area contributed by atoms with Gasteiger partial charge in [-0.15, -0.1) is 0 Å². The summed E-state index contributed by atoms with van der Waals surface area (Å²) in [7, 11) is 0. The first kappa shape index (κ1) is 11.0. The molecule has 3 nitrogen and oxygen atoms in total. The number of rotatable bonds is 3. The number of nitrogens with zero attached hydrogens (tertiary/aromatic N) is 1. The predicted molar refractivity (Wildman–Crippen MR) is 67.1 cm³/mol. The lowest BCUT2D eigenvalue weighted by atomic mass is 10.2. The summed E-state index contributed by atoms with van der Waals surface area (Å²) >= 11 is 3.34. The SMILES string of the molecule is Nc1cccc(COc2cncc(Br)c2)c1. The minimum absolute atomic E-state index is 0.489. The molecule has 0 saturated heterocycles. The summed E-state index contributed by atoms with van der Waals surface area (Å²) in [5.74, 6) is 0.733. The third kappa shape index (κ3) is 2.97. The maximum absolute atomic E-state index is 5.68. The van der Waals surface area contributed by atoms with Gasteiger partial charge < -0.3 is 10.5 Å². The van der Waals surface area contributed by atoms with Gasteiger partial charge in [-0.05, 0) is 39.7 Å². The van der Waals surface area contributed by atoms with Crippen LogP contribution < -0.4 is 10.5 Å². The van der Waals surface area contributed by atoms with E-state index in [1.165, 1.54) is 0 Å². The van der Waals surface area contributed by atoms with E-state index in [0.29, 0.717) is 6.61 Å². The molecule has 0 radical (unpaired) electrons. The zero-order chi connectivity index (χ0) is 11.4. The number of nitrogens with two attached hydrogens (primary N) is 1. The van der Waals surface area contributed by atoms with Crippen molar-refractivity contribution < 1.29 is 4.74 Å². The average molecular weight is 279 g/mol. The van der Waals surface area contributed by atoms with E-state index in [1.807, 2.05) is 30.3 Å². The number of ether oxygens (including phenoxy) is 1. The van der Waals surface area contributed by atoms with Gasteiger partial charge in [0.1, 0.15) is 12.4 Å². The third-order valence-corrected chi connectivity index (χ3v) is 2.47. The van der Waals surface area contributed by atoms with Crippen molar-refractivity contribution >= 4 is 21.6 Å². The highest BCUT2D eigenvalue weighted by atomic mass is 79.9. The second-order valence-corrected chi connectivity index (χ2v) is 4.29. The zero-order valence-electron chi connectivity index (χ0n) is 8.56. The van der Waals surface area contributed by atoms with Crippen molar-refractivity contribution in [3.05, 3.63) is 52.8 Å². The molecular formula is C12H11BrN2O. The van der Waals surface area contributed by atoms with Crippen molar-refractivity contribution in [2.75, 3.05) is 5.73 Å². The van der Waals surface area contributed by atoms with Crippen LogP contribution in [0.5, 0.6) is 5.75 Å². The lowest BCUT2D eigenvalue weighted by Crippen LogP contribution is -1.96. The molecule has 0 spiro atoms. The molecule has 0 aliphatic carbocycles. The molecular weight excluding hydrogens is 268 g/mol. The second-order valence-electron chi connectivity index (χ2n) is 3.37. The fraction of sp³-hybridized carbons (Fsp3) is 0.0833. The fourth-order valence-corrected chi connectivity index (χ4v) is 1.66. The maximum atomic E-state index is 5.68. The van der Waals surface area contributed by atoms with Gasteiger partial charge in [-0.25, -0.2) is 0 Å². The Morgan fingerprint density at radius 1 is 1.25 bits per heavy atom. The zero-order valence-corrected chi connectivity index (χ0v) is 10.1. The van der Waals surface area contributed by atoms with Crippen LogP contribution in [0.4, 0.5) is 5.69 Å². The van der Waals surface area contributed by atoms with E-state index in [0.717, 1.165) is 21.5 Å². The first-order valence-electron chi connectivity index (χ1n) is 4.82. The monoisotopic (exact) mass is 278 g/mol. The number of pyridine rings is 1. The van der Waals surface area contributed by atoms with Crippen LogP contribution in [0.15, 0.2) is 47.2 Å². The molecule has 0 unspecified atom stereocenters. The smallest absolute Gasteiger partial charge is 0.139 e. The van der Waals surface area contributed by atoms with Gasteiger partial charge in [-0.2, -0.15) is 0 Å². The van der Waals surface area contributed by atoms with Crippen LogP contribution in [0.2, 0.25) is 0 Å². The standard InChI is InChI=1S/C12H11BrN2O/c13-10-5-12(7-15-6-10)16-8-9-2-1-3-11(14)4-9/h1-7H,8,14H2. The molecule has 0 aliphatic heterocycles. The Kier molecular flexibility index (Phi) is 3.41. The molecule has 82 valence electrons. The molecule has 4 heteroatoms. The van der Waals surface area contributed by atoms with E-state index < -0.39 is 0 Å². The third-order valence-electron chi connectivity index (χ3n) is 2.04. The van der Waals surface area contributed by atoms with Crippen LogP contribution >= 0.6 is 15.9 Å². The molecule has 0 aliphatic rings. The van der Waals surface area contributed by atoms with Gasteiger partial charge in [0.25, 0.3) is 0 Å². The van der Waals surface area contributed by atoms with Crippen molar-refractivity contribution in [3.8, 4) is 5.75 Å². The molecule has 2 aromatic rings. The molecule has 0 bridgehead atoms. The van der Waals surface area contributed by atoms with Crippen molar-refractivity contribution in [2.45, 2.75) is 6.61 Å². The Hall–Kier alpha value is -1.55. The number of nitrogen functional groups attached to an aromatic ring is 1. The van der Waals surface area contributed by atoms with Crippen LogP contribution in [-0.4, -0.2) is 4.98 Å². The minimum atomic E-state index is 0.489. The summed E-state index contributed by atoms with van der Waals surface area (Å²) in [6, 6.07) is 9.50. The molecule has 0 atom stereocenters. The Bertz CT molecular complexity index is 442. The Balaban J connectivity index is 2.02. The van der Waals surface area contributed by atoms with Gasteiger partial charge in [0.05, 0.1) is 6.20 Å². The number of halogens is 1. The molecule has 0 fully saturated rings. The van der Waals surface area contributed by atoms with E-state index in [-0.39, 0.29) is 0 Å². The number of anilines is 1. The normalized spacial score (nSPS) is 10.1. The first-order chi connectivity index (χ1) is 7.74. The Morgan fingerprint density at radius 3 is 2.88 bits per heavy atom. The lowest BCUT2D eigenvalue weighted by Gasteiger charge is -2.06. The number of hydrogen-bond acceptors (Lipinski definition) is 3. The molecule has 0 saturated carbocycles. The van der Waals surface area contributed by atoms with Crippen molar-refractivity contribution in [1.29, 1.82) is 0 Å². The molecule has 1 heterocycles. The summed E-state index contributed by atoms with van der Waals surface area (Å²) < 4.78 is 6.48. The van der Waals surface area contributed by atoms with E-state index in [1.54, 1.807) is 12.4 Å². The first-order valence-corrected chi connectivity index (χ1v) is 5.61. The quantitative estimate of drug-likeness (QED) is 0.878. The molecule has 16 heavy (non-hydrogen) atoms. The van der Waals surface area contributed by atoms with Gasteiger partial charge in [0.15, 0.2) is 0 Å². The molecule has 1 aromatic heterocycles. The van der Waals surface area contributed by atoms with Crippen LogP contribution in [0.25, 0.3) is 0 Å². The summed E-state index contributed by atoms with van der Waals surface area (Å²) in [6.07, 6.45) is 3.39. The number of aromatic nitrogens is 1. The number of benzene rings is 1. The van der Waals surface area contributed by atoms with E-state index in [4.69, 9.17) is 10.5 Å². The van der Waals surface area contributed by atoms with Gasteiger partial charge >= 0.3 is 0 Å². The minimum Gasteiger partial charge on any atom is -0.487 e. The van der Waals surface area contributed by atoms with E-state index in [2.05, 4.69) is 20.9 Å². The van der Waals surface area contributed by atoms with Gasteiger partial charge in [0, 0.05) is 16.4 Å². The van der Waals surface area contributed by atoms with Gasteiger partial charge in [-0.1, -0.05) is 12.1 Å². The van der Waals surface area contributed by atoms with Crippen molar-refractivity contribution in [3.63, 3.8) is 0 Å². The summed E-state index contributed by atoms with van der Waals surface area (Å²) in [6.45, 7) is 0.489. The molecule has 1 aromatic carbocycles. The van der Waals surface area contributed by atoms with Crippen molar-refractivity contribution in [2.24, 2.45) is 0 Å². The van der Waals surface area contributed by atoms with Crippen LogP contribution in [0.1, 0.15) is 5.56 Å². The Morgan fingerprint density at radius 2 is 2.12 bits per heavy atom. The summed E-state index contributed by atoms with van der Waals surface area (Å²) in [5, 5.41) is 0. The summed E-state index contributed by atoms with van der Waals surface area (Å²) in [4.78, 5) is 4.02. The van der Waals surface area contributed by atoms with E-state index in [9.17, 15) is 0 Å². The number of hydrogen-bond donors (Lipinski definition) is 1. The highest BCUT2D eigenvalue weighted by Crippen LogP contribution is 2.17. The largest absolute Gasteiger partial charge is 0.487 e. The average Bonchev–Trinajstić information content (AvgIpc) is 2.27. The molecule has 2 N–H and O–H groups in total. The van der Waals surface area contributed by atoms with Crippen molar-refractivity contribution in [1.82, 2.24) is 4.98 Å². The summed E-state index contributed by atoms with van der Waals surface area (Å²) in [5.41, 5.74) is 7.46.